The van der Waals surface area contributed by atoms with Crippen LogP contribution in [-0.4, -0.2) is 35.8 Å². The van der Waals surface area contributed by atoms with Gasteiger partial charge in [0, 0.05) is 13.0 Å². The maximum Gasteiger partial charge on any atom is 0.311 e. The lowest BCUT2D eigenvalue weighted by Gasteiger charge is -2.16. The molecule has 27 heavy (non-hydrogen) atoms. The minimum Gasteiger partial charge on any atom is -0.467 e. The summed E-state index contributed by atoms with van der Waals surface area (Å²) in [7, 11) is 0. The van der Waals surface area contributed by atoms with Gasteiger partial charge in [-0.15, -0.1) is 0 Å². The van der Waals surface area contributed by atoms with Crippen molar-refractivity contribution in [3.8, 4) is 0 Å². The molecule has 0 aliphatic carbocycles. The number of carbonyl (C=O) groups is 3. The standard InChI is InChI=1S/C20H22N2O5/c1-14(15-6-3-2-4-7-15)21-18(23)13-27-20(25)16-10-19(24)22(11-16)12-17-8-5-9-26-17/h2-9,14,16H,10-13H2,1H3,(H,21,23)/t14-,16+/m0/s1. The van der Waals surface area contributed by atoms with Crippen LogP contribution in [0.2, 0.25) is 0 Å². The second kappa shape index (κ2) is 8.53. The van der Waals surface area contributed by atoms with E-state index in [0.29, 0.717) is 12.3 Å². The summed E-state index contributed by atoms with van der Waals surface area (Å²) in [6.45, 7) is 2.08. The summed E-state index contributed by atoms with van der Waals surface area (Å²) in [4.78, 5) is 37.8. The molecule has 0 spiro atoms. The molecule has 1 saturated heterocycles. The number of esters is 1. The first-order valence-electron chi connectivity index (χ1n) is 8.84. The Bertz CT molecular complexity index is 788. The van der Waals surface area contributed by atoms with Crippen molar-refractivity contribution in [2.75, 3.05) is 13.2 Å². The fourth-order valence-electron chi connectivity index (χ4n) is 3.04. The lowest BCUT2D eigenvalue weighted by Crippen LogP contribution is -2.32. The van der Waals surface area contributed by atoms with Crippen LogP contribution in [0.3, 0.4) is 0 Å². The van der Waals surface area contributed by atoms with Crippen LogP contribution in [0.1, 0.15) is 30.7 Å². The minimum atomic E-state index is -0.563. The number of benzene rings is 1. The predicted octanol–water partition coefficient (Wildman–Crippen LogP) is 2.05. The summed E-state index contributed by atoms with van der Waals surface area (Å²) >= 11 is 0. The largest absolute Gasteiger partial charge is 0.467 e. The maximum atomic E-state index is 12.2. The average Bonchev–Trinajstić information content (AvgIpc) is 3.31. The molecule has 1 N–H and O–H groups in total. The minimum absolute atomic E-state index is 0.0849. The quantitative estimate of drug-likeness (QED) is 0.754. The SMILES string of the molecule is C[C@H](NC(=O)COC(=O)[C@@H]1CC(=O)N(Cc2ccco2)C1)c1ccccc1. The molecule has 1 aromatic heterocycles. The van der Waals surface area contributed by atoms with E-state index in [4.69, 9.17) is 9.15 Å². The van der Waals surface area contributed by atoms with Crippen LogP contribution in [0.4, 0.5) is 0 Å². The van der Waals surface area contributed by atoms with Gasteiger partial charge in [-0.3, -0.25) is 14.4 Å². The fraction of sp³-hybridized carbons (Fsp3) is 0.350. The number of ether oxygens (including phenoxy) is 1. The van der Waals surface area contributed by atoms with E-state index in [0.717, 1.165) is 5.56 Å². The van der Waals surface area contributed by atoms with Gasteiger partial charge in [0.2, 0.25) is 5.91 Å². The first kappa shape index (κ1) is 18.7. The second-order valence-electron chi connectivity index (χ2n) is 6.56. The van der Waals surface area contributed by atoms with Crippen molar-refractivity contribution in [3.05, 3.63) is 60.1 Å². The molecule has 2 amide bonds. The van der Waals surface area contributed by atoms with Gasteiger partial charge in [0.1, 0.15) is 5.76 Å². The van der Waals surface area contributed by atoms with Crippen LogP contribution in [0.15, 0.2) is 53.1 Å². The van der Waals surface area contributed by atoms with E-state index < -0.39 is 11.9 Å². The van der Waals surface area contributed by atoms with E-state index >= 15 is 0 Å². The van der Waals surface area contributed by atoms with Crippen LogP contribution >= 0.6 is 0 Å². The molecule has 2 atom stereocenters. The number of nitrogens with one attached hydrogen (secondary N) is 1. The number of likely N-dealkylation sites (tertiary alicyclic amines) is 1. The van der Waals surface area contributed by atoms with Crippen molar-refractivity contribution in [2.24, 2.45) is 5.92 Å². The zero-order valence-corrected chi connectivity index (χ0v) is 15.1. The van der Waals surface area contributed by atoms with E-state index in [9.17, 15) is 14.4 Å². The summed E-state index contributed by atoms with van der Waals surface area (Å²) in [5.41, 5.74) is 0.965. The van der Waals surface area contributed by atoms with E-state index in [1.54, 1.807) is 17.0 Å². The lowest BCUT2D eigenvalue weighted by molar-refractivity contribution is -0.152. The fourth-order valence-corrected chi connectivity index (χ4v) is 3.04. The third-order valence-electron chi connectivity index (χ3n) is 4.50. The third kappa shape index (κ3) is 4.97. The van der Waals surface area contributed by atoms with Crippen LogP contribution in [-0.2, 0) is 25.7 Å². The monoisotopic (exact) mass is 370 g/mol. The molecule has 2 aromatic rings. The molecule has 0 unspecified atom stereocenters. The molecule has 142 valence electrons. The summed E-state index contributed by atoms with van der Waals surface area (Å²) < 4.78 is 10.3. The van der Waals surface area contributed by atoms with Gasteiger partial charge in [-0.1, -0.05) is 30.3 Å². The first-order valence-corrected chi connectivity index (χ1v) is 8.84. The van der Waals surface area contributed by atoms with Crippen molar-refractivity contribution < 1.29 is 23.5 Å². The summed E-state index contributed by atoms with van der Waals surface area (Å²) in [5.74, 6) is -0.946. The molecule has 1 aliphatic heterocycles. The van der Waals surface area contributed by atoms with E-state index in [-0.39, 0.29) is 37.4 Å². The van der Waals surface area contributed by atoms with Gasteiger partial charge in [-0.2, -0.15) is 0 Å². The highest BCUT2D eigenvalue weighted by atomic mass is 16.5. The third-order valence-corrected chi connectivity index (χ3v) is 4.50. The molecule has 7 heteroatoms. The smallest absolute Gasteiger partial charge is 0.311 e. The van der Waals surface area contributed by atoms with Crippen LogP contribution < -0.4 is 5.32 Å². The van der Waals surface area contributed by atoms with Gasteiger partial charge in [0.25, 0.3) is 5.91 Å². The lowest BCUT2D eigenvalue weighted by atomic mass is 10.1. The number of carbonyl (C=O) groups excluding carboxylic acids is 3. The van der Waals surface area contributed by atoms with Crippen LogP contribution in [0.25, 0.3) is 0 Å². The molecular weight excluding hydrogens is 348 g/mol. The Balaban J connectivity index is 1.44. The topological polar surface area (TPSA) is 88.8 Å². The highest BCUT2D eigenvalue weighted by Gasteiger charge is 2.35. The molecule has 7 nitrogen and oxygen atoms in total. The zero-order valence-electron chi connectivity index (χ0n) is 15.1. The molecule has 3 rings (SSSR count). The normalized spacial score (nSPS) is 17.6. The zero-order chi connectivity index (χ0) is 19.2. The highest BCUT2D eigenvalue weighted by Crippen LogP contribution is 2.21. The van der Waals surface area contributed by atoms with Crippen molar-refractivity contribution in [1.29, 1.82) is 0 Å². The van der Waals surface area contributed by atoms with Crippen molar-refractivity contribution in [3.63, 3.8) is 0 Å². The Labute approximate surface area is 157 Å². The molecule has 1 aliphatic rings. The van der Waals surface area contributed by atoms with Gasteiger partial charge in [-0.05, 0) is 24.6 Å². The Morgan fingerprint density at radius 3 is 2.74 bits per heavy atom. The van der Waals surface area contributed by atoms with E-state index in [1.165, 1.54) is 6.26 Å². The second-order valence-corrected chi connectivity index (χ2v) is 6.56. The van der Waals surface area contributed by atoms with E-state index in [2.05, 4.69) is 5.32 Å². The molecule has 1 aromatic carbocycles. The molecular formula is C20H22N2O5. The number of furan rings is 1. The summed E-state index contributed by atoms with van der Waals surface area (Å²) in [6.07, 6.45) is 1.62. The van der Waals surface area contributed by atoms with Crippen molar-refractivity contribution in [2.45, 2.75) is 25.9 Å². The van der Waals surface area contributed by atoms with Crippen molar-refractivity contribution >= 4 is 17.8 Å². The molecule has 0 saturated carbocycles. The number of amides is 2. The Hall–Kier alpha value is -3.09. The van der Waals surface area contributed by atoms with Gasteiger partial charge in [-0.25, -0.2) is 0 Å². The Morgan fingerprint density at radius 2 is 2.04 bits per heavy atom. The number of hydrogen-bond acceptors (Lipinski definition) is 5. The summed E-state index contributed by atoms with van der Waals surface area (Å²) in [5, 5.41) is 2.78. The Kier molecular flexibility index (Phi) is 5.90. The van der Waals surface area contributed by atoms with E-state index in [1.807, 2.05) is 37.3 Å². The molecule has 2 heterocycles. The first-order chi connectivity index (χ1) is 13.0. The highest BCUT2D eigenvalue weighted by molar-refractivity contribution is 5.88. The van der Waals surface area contributed by atoms with Gasteiger partial charge in [0.15, 0.2) is 6.61 Å². The maximum absolute atomic E-state index is 12.2. The number of hydrogen-bond donors (Lipinski definition) is 1. The molecule has 1 fully saturated rings. The van der Waals surface area contributed by atoms with Crippen molar-refractivity contribution in [1.82, 2.24) is 10.2 Å². The number of rotatable bonds is 7. The van der Waals surface area contributed by atoms with Crippen LogP contribution in [0, 0.1) is 5.92 Å². The average molecular weight is 370 g/mol. The van der Waals surface area contributed by atoms with Crippen LogP contribution in [0.5, 0.6) is 0 Å². The van der Waals surface area contributed by atoms with Gasteiger partial charge in [0.05, 0.1) is 24.8 Å². The molecule has 0 bridgehead atoms. The molecule has 0 radical (unpaired) electrons. The van der Waals surface area contributed by atoms with Gasteiger partial charge >= 0.3 is 5.97 Å². The van der Waals surface area contributed by atoms with Gasteiger partial charge < -0.3 is 19.4 Å². The Morgan fingerprint density at radius 1 is 1.26 bits per heavy atom. The predicted molar refractivity (Wildman–Crippen MR) is 96.2 cm³/mol. The summed E-state index contributed by atoms with van der Waals surface area (Å²) in [6, 6.07) is 12.8. The number of nitrogens with zero attached hydrogens (tertiary/aromatic N) is 1.